The molecule has 2 fully saturated rings. The van der Waals surface area contributed by atoms with Gasteiger partial charge in [0, 0.05) is 31.5 Å². The summed E-state index contributed by atoms with van der Waals surface area (Å²) in [6, 6.07) is 0.838. The van der Waals surface area contributed by atoms with Crippen molar-refractivity contribution in [3.63, 3.8) is 0 Å². The van der Waals surface area contributed by atoms with Gasteiger partial charge in [0.05, 0.1) is 0 Å². The van der Waals surface area contributed by atoms with Gasteiger partial charge >= 0.3 is 0 Å². The van der Waals surface area contributed by atoms with Crippen molar-refractivity contribution in [1.82, 2.24) is 20.2 Å². The third-order valence-electron chi connectivity index (χ3n) is 4.49. The number of carbonyl (C=O) groups is 2. The molecule has 1 aromatic rings. The van der Waals surface area contributed by atoms with Crippen molar-refractivity contribution in [1.29, 1.82) is 0 Å². The number of aromatic nitrogens is 2. The molecule has 1 aromatic heterocycles. The van der Waals surface area contributed by atoms with Crippen LogP contribution in [0.1, 0.15) is 37.9 Å². The quantitative estimate of drug-likeness (QED) is 0.689. The zero-order valence-corrected chi connectivity index (χ0v) is 13.6. The molecule has 24 heavy (non-hydrogen) atoms. The third kappa shape index (κ3) is 3.93. The number of hydrogen-bond acceptors (Lipinski definition) is 5. The van der Waals surface area contributed by atoms with Crippen LogP contribution in [-0.4, -0.2) is 45.8 Å². The molecular formula is C16H23N5O3. The summed E-state index contributed by atoms with van der Waals surface area (Å²) in [6.07, 6.45) is 4.89. The van der Waals surface area contributed by atoms with Crippen LogP contribution in [0.15, 0.2) is 10.9 Å². The Hall–Kier alpha value is -2.38. The molecule has 8 nitrogen and oxygen atoms in total. The standard InChI is InChI=1S/C16H23N5O3/c17-12-9-14(22)20-13(19-12)6-7-18-15(23)11-3-1-2-8-21(11)16(24)10-4-5-10/h9-11H,1-8H2,(H,18,23)(H3,17,19,20,22)/t11-/m1/s1. The molecular weight excluding hydrogens is 310 g/mol. The minimum absolute atomic E-state index is 0.122. The molecule has 0 bridgehead atoms. The molecule has 2 heterocycles. The van der Waals surface area contributed by atoms with Gasteiger partial charge in [-0.15, -0.1) is 0 Å². The molecule has 0 radical (unpaired) electrons. The highest BCUT2D eigenvalue weighted by atomic mass is 16.2. The van der Waals surface area contributed by atoms with Gasteiger partial charge in [0.15, 0.2) is 0 Å². The number of nitrogens with two attached hydrogens (primary N) is 1. The van der Waals surface area contributed by atoms with Gasteiger partial charge in [-0.05, 0) is 32.1 Å². The maximum Gasteiger partial charge on any atom is 0.252 e. The minimum atomic E-state index is -0.375. The van der Waals surface area contributed by atoms with Crippen molar-refractivity contribution in [3.8, 4) is 0 Å². The number of piperidine rings is 1. The van der Waals surface area contributed by atoms with Crippen molar-refractivity contribution < 1.29 is 9.59 Å². The van der Waals surface area contributed by atoms with E-state index in [1.807, 2.05) is 0 Å². The molecule has 1 saturated carbocycles. The Balaban J connectivity index is 1.54. The first-order valence-corrected chi connectivity index (χ1v) is 8.48. The highest BCUT2D eigenvalue weighted by Gasteiger charge is 2.39. The van der Waals surface area contributed by atoms with Gasteiger partial charge < -0.3 is 20.9 Å². The molecule has 1 saturated heterocycles. The maximum atomic E-state index is 12.5. The van der Waals surface area contributed by atoms with Crippen LogP contribution in [-0.2, 0) is 16.0 Å². The second-order valence-corrected chi connectivity index (χ2v) is 6.48. The Morgan fingerprint density at radius 3 is 2.83 bits per heavy atom. The second kappa shape index (κ2) is 7.02. The van der Waals surface area contributed by atoms with Crippen LogP contribution in [0.5, 0.6) is 0 Å². The van der Waals surface area contributed by atoms with Crippen LogP contribution in [0.2, 0.25) is 0 Å². The predicted octanol–water partition coefficient (Wildman–Crippen LogP) is -0.198. The average molecular weight is 333 g/mol. The first-order chi connectivity index (χ1) is 11.5. The van der Waals surface area contributed by atoms with Gasteiger partial charge in [-0.3, -0.25) is 14.4 Å². The van der Waals surface area contributed by atoms with Crippen LogP contribution >= 0.6 is 0 Å². The molecule has 2 aliphatic rings. The van der Waals surface area contributed by atoms with Gasteiger partial charge in [-0.25, -0.2) is 4.98 Å². The number of anilines is 1. The van der Waals surface area contributed by atoms with Crippen molar-refractivity contribution in [2.45, 2.75) is 44.6 Å². The Morgan fingerprint density at radius 2 is 2.12 bits per heavy atom. The minimum Gasteiger partial charge on any atom is -0.383 e. The monoisotopic (exact) mass is 333 g/mol. The van der Waals surface area contributed by atoms with Crippen LogP contribution in [0.25, 0.3) is 0 Å². The second-order valence-electron chi connectivity index (χ2n) is 6.48. The van der Waals surface area contributed by atoms with E-state index >= 15 is 0 Å². The number of nitrogens with zero attached hydrogens (tertiary/aromatic N) is 2. The smallest absolute Gasteiger partial charge is 0.252 e. The number of aromatic amines is 1. The fraction of sp³-hybridized carbons (Fsp3) is 0.625. The number of rotatable bonds is 5. The lowest BCUT2D eigenvalue weighted by Gasteiger charge is -2.34. The number of likely N-dealkylation sites (tertiary alicyclic amines) is 1. The molecule has 0 aromatic carbocycles. The molecule has 4 N–H and O–H groups in total. The lowest BCUT2D eigenvalue weighted by molar-refractivity contribution is -0.143. The first-order valence-electron chi connectivity index (χ1n) is 8.48. The normalized spacial score (nSPS) is 20.7. The van der Waals surface area contributed by atoms with Crippen molar-refractivity contribution in [2.24, 2.45) is 5.92 Å². The van der Waals surface area contributed by atoms with Crippen LogP contribution in [0.4, 0.5) is 5.82 Å². The lowest BCUT2D eigenvalue weighted by Crippen LogP contribution is -2.52. The molecule has 8 heteroatoms. The Labute approximate surface area is 139 Å². The summed E-state index contributed by atoms with van der Waals surface area (Å²) in [5.41, 5.74) is 5.22. The van der Waals surface area contributed by atoms with Gasteiger partial charge in [-0.1, -0.05) is 0 Å². The molecule has 0 spiro atoms. The molecule has 1 atom stereocenters. The van der Waals surface area contributed by atoms with E-state index in [0.717, 1.165) is 25.7 Å². The van der Waals surface area contributed by atoms with Crippen molar-refractivity contribution in [3.05, 3.63) is 22.2 Å². The van der Waals surface area contributed by atoms with Crippen LogP contribution < -0.4 is 16.6 Å². The van der Waals surface area contributed by atoms with E-state index in [9.17, 15) is 14.4 Å². The summed E-state index contributed by atoms with van der Waals surface area (Å²) in [4.78, 5) is 44.5. The van der Waals surface area contributed by atoms with E-state index in [1.54, 1.807) is 4.90 Å². The number of H-pyrrole nitrogens is 1. The van der Waals surface area contributed by atoms with Gasteiger partial charge in [0.1, 0.15) is 17.7 Å². The van der Waals surface area contributed by atoms with Crippen molar-refractivity contribution in [2.75, 3.05) is 18.8 Å². The summed E-state index contributed by atoms with van der Waals surface area (Å²) < 4.78 is 0. The molecule has 1 aliphatic heterocycles. The van der Waals surface area contributed by atoms with E-state index < -0.39 is 0 Å². The largest absolute Gasteiger partial charge is 0.383 e. The van der Waals surface area contributed by atoms with E-state index in [0.29, 0.717) is 31.8 Å². The van der Waals surface area contributed by atoms with Crippen LogP contribution in [0, 0.1) is 5.92 Å². The first kappa shape index (κ1) is 16.5. The highest BCUT2D eigenvalue weighted by Crippen LogP contribution is 2.33. The summed E-state index contributed by atoms with van der Waals surface area (Å²) in [7, 11) is 0. The Kier molecular flexibility index (Phi) is 4.82. The zero-order valence-electron chi connectivity index (χ0n) is 13.6. The average Bonchev–Trinajstić information content (AvgIpc) is 3.38. The topological polar surface area (TPSA) is 121 Å². The Bertz CT molecular complexity index is 683. The maximum absolute atomic E-state index is 12.5. The van der Waals surface area contributed by atoms with Gasteiger partial charge in [-0.2, -0.15) is 0 Å². The molecule has 0 unspecified atom stereocenters. The third-order valence-corrected chi connectivity index (χ3v) is 4.49. The number of carbonyl (C=O) groups excluding carboxylic acids is 2. The van der Waals surface area contributed by atoms with Crippen molar-refractivity contribution >= 4 is 17.6 Å². The van der Waals surface area contributed by atoms with Gasteiger partial charge in [0.25, 0.3) is 5.56 Å². The molecule has 1 aliphatic carbocycles. The summed E-state index contributed by atoms with van der Waals surface area (Å²) in [6.45, 7) is 1.00. The van der Waals surface area contributed by atoms with E-state index in [2.05, 4.69) is 15.3 Å². The molecule has 3 rings (SSSR count). The van der Waals surface area contributed by atoms with Crippen LogP contribution in [0.3, 0.4) is 0 Å². The fourth-order valence-corrected chi connectivity index (χ4v) is 3.10. The SMILES string of the molecule is Nc1cc(=O)[nH]c(CCNC(=O)[C@H]2CCCCN2C(=O)C2CC2)n1. The predicted molar refractivity (Wildman–Crippen MR) is 88.1 cm³/mol. The summed E-state index contributed by atoms with van der Waals surface area (Å²) in [5.74, 6) is 0.718. The van der Waals surface area contributed by atoms with E-state index in [-0.39, 0.29) is 35.2 Å². The molecule has 2 amide bonds. The summed E-state index contributed by atoms with van der Waals surface area (Å²) >= 11 is 0. The molecule has 130 valence electrons. The fourth-order valence-electron chi connectivity index (χ4n) is 3.10. The van der Waals surface area contributed by atoms with E-state index in [1.165, 1.54) is 6.07 Å². The van der Waals surface area contributed by atoms with E-state index in [4.69, 9.17) is 5.73 Å². The lowest BCUT2D eigenvalue weighted by atomic mass is 10.0. The zero-order chi connectivity index (χ0) is 17.1. The number of hydrogen-bond donors (Lipinski definition) is 3. The Morgan fingerprint density at radius 1 is 1.33 bits per heavy atom. The number of amides is 2. The number of nitrogens with one attached hydrogen (secondary N) is 2. The highest BCUT2D eigenvalue weighted by molar-refractivity contribution is 5.89. The number of nitrogen functional groups attached to an aromatic ring is 1. The summed E-state index contributed by atoms with van der Waals surface area (Å²) in [5, 5.41) is 2.85. The van der Waals surface area contributed by atoms with Gasteiger partial charge in [0.2, 0.25) is 11.8 Å².